The Kier molecular flexibility index (Phi) is 9.04. The summed E-state index contributed by atoms with van der Waals surface area (Å²) in [5, 5.41) is 8.11. The van der Waals surface area contributed by atoms with E-state index in [-0.39, 0.29) is 6.61 Å². The first kappa shape index (κ1) is 28.0. The zero-order valence-electron chi connectivity index (χ0n) is 22.3. The number of carbonyl (C=O) groups is 1. The lowest BCUT2D eigenvalue weighted by atomic mass is 9.84. The molecule has 1 aliphatic heterocycles. The van der Waals surface area contributed by atoms with Gasteiger partial charge in [-0.05, 0) is 51.0 Å². The number of benzene rings is 3. The van der Waals surface area contributed by atoms with Crippen LogP contribution in [0, 0.1) is 17.3 Å². The van der Waals surface area contributed by atoms with Crippen molar-refractivity contribution >= 4 is 35.2 Å². The normalized spacial score (nSPS) is 13.8. The van der Waals surface area contributed by atoms with E-state index in [4.69, 9.17) is 14.9 Å². The van der Waals surface area contributed by atoms with Crippen LogP contribution in [0.1, 0.15) is 58.1 Å². The molecule has 1 unspecified atom stereocenters. The van der Waals surface area contributed by atoms with Gasteiger partial charge in [-0.25, -0.2) is 4.79 Å². The van der Waals surface area contributed by atoms with E-state index in [1.807, 2.05) is 68.4 Å². The molecular formula is C32H33NO3S2. The number of nitrogens with one attached hydrogen (secondary N) is 1. The Labute approximate surface area is 234 Å². The van der Waals surface area contributed by atoms with Crippen molar-refractivity contribution in [1.29, 1.82) is 5.41 Å². The SMILES string of the molecule is CCCC(=N)CC#CC(C)(C)OC(C(=O)OCC)(c1ccccc1)c1cccc2c1Sc1ccccc1S2. The molecule has 0 saturated carbocycles. The molecule has 4 rings (SSSR count). The molecule has 4 nitrogen and oxygen atoms in total. The standard InChI is InChI=1S/C32H33NO3S2/c1-5-14-24(33)17-13-22-31(3,4)36-32(30(34)35-6-2,23-15-8-7-9-16-23)25-18-12-21-28-29(25)38-27-20-11-10-19-26(27)37-28/h7-12,15-16,18-21,33H,5-6,14,17H2,1-4H3. The Bertz CT molecular complexity index is 1370. The summed E-state index contributed by atoms with van der Waals surface area (Å²) in [6.07, 6.45) is 2.01. The van der Waals surface area contributed by atoms with Crippen LogP contribution in [0.3, 0.4) is 0 Å². The average Bonchev–Trinajstić information content (AvgIpc) is 2.91. The predicted molar refractivity (Wildman–Crippen MR) is 155 cm³/mol. The summed E-state index contributed by atoms with van der Waals surface area (Å²) in [5.74, 6) is 5.85. The van der Waals surface area contributed by atoms with E-state index in [1.165, 1.54) is 4.90 Å². The highest BCUT2D eigenvalue weighted by atomic mass is 32.2. The molecule has 0 aromatic heterocycles. The van der Waals surface area contributed by atoms with Gasteiger partial charge in [0.25, 0.3) is 0 Å². The first-order valence-electron chi connectivity index (χ1n) is 12.9. The van der Waals surface area contributed by atoms with Crippen molar-refractivity contribution in [2.45, 2.75) is 77.7 Å². The Morgan fingerprint density at radius 3 is 2.24 bits per heavy atom. The van der Waals surface area contributed by atoms with Crippen molar-refractivity contribution in [3.63, 3.8) is 0 Å². The van der Waals surface area contributed by atoms with Crippen LogP contribution in [0.2, 0.25) is 0 Å². The van der Waals surface area contributed by atoms with Gasteiger partial charge in [0.1, 0.15) is 5.60 Å². The Balaban J connectivity index is 1.88. The highest BCUT2D eigenvalue weighted by Crippen LogP contribution is 2.53. The van der Waals surface area contributed by atoms with Crippen LogP contribution in [-0.4, -0.2) is 23.9 Å². The van der Waals surface area contributed by atoms with Gasteiger partial charge in [-0.15, -0.1) is 0 Å². The fourth-order valence-electron chi connectivity index (χ4n) is 4.43. The third-order valence-electron chi connectivity index (χ3n) is 6.03. The summed E-state index contributed by atoms with van der Waals surface area (Å²) in [7, 11) is 0. The largest absolute Gasteiger partial charge is 0.463 e. The molecule has 0 aliphatic carbocycles. The van der Waals surface area contributed by atoms with Gasteiger partial charge in [-0.1, -0.05) is 103 Å². The van der Waals surface area contributed by atoms with Crippen LogP contribution in [0.15, 0.2) is 92.4 Å². The third-order valence-corrected chi connectivity index (χ3v) is 8.65. The second kappa shape index (κ2) is 12.3. The minimum absolute atomic E-state index is 0.219. The van der Waals surface area contributed by atoms with Crippen LogP contribution in [0.5, 0.6) is 0 Å². The summed E-state index contributed by atoms with van der Waals surface area (Å²) in [6.45, 7) is 7.81. The van der Waals surface area contributed by atoms with Crippen LogP contribution in [-0.2, 0) is 19.9 Å². The van der Waals surface area contributed by atoms with Crippen molar-refractivity contribution in [2.75, 3.05) is 6.61 Å². The molecule has 1 aliphatic rings. The van der Waals surface area contributed by atoms with Gasteiger partial charge < -0.3 is 14.9 Å². The smallest absolute Gasteiger partial charge is 0.347 e. The molecule has 3 aromatic carbocycles. The maximum atomic E-state index is 14.1. The van der Waals surface area contributed by atoms with Crippen molar-refractivity contribution in [3.05, 3.63) is 83.9 Å². The highest BCUT2D eigenvalue weighted by Gasteiger charge is 2.50. The van der Waals surface area contributed by atoms with Crippen molar-refractivity contribution in [1.82, 2.24) is 0 Å². The Morgan fingerprint density at radius 1 is 0.895 bits per heavy atom. The van der Waals surface area contributed by atoms with Gasteiger partial charge in [0.2, 0.25) is 5.60 Å². The van der Waals surface area contributed by atoms with Crippen LogP contribution in [0.4, 0.5) is 0 Å². The van der Waals surface area contributed by atoms with Crippen molar-refractivity contribution in [3.8, 4) is 11.8 Å². The van der Waals surface area contributed by atoms with E-state index in [2.05, 4.69) is 37.0 Å². The summed E-state index contributed by atoms with van der Waals surface area (Å²) in [6, 6.07) is 23.9. The average molecular weight is 544 g/mol. The molecule has 0 saturated heterocycles. The van der Waals surface area contributed by atoms with Crippen LogP contribution >= 0.6 is 23.5 Å². The first-order valence-corrected chi connectivity index (χ1v) is 14.5. The summed E-state index contributed by atoms with van der Waals surface area (Å²) in [5.41, 5.74) is -0.537. The molecule has 0 bridgehead atoms. The molecule has 38 heavy (non-hydrogen) atoms. The van der Waals surface area contributed by atoms with Crippen molar-refractivity contribution in [2.24, 2.45) is 0 Å². The van der Waals surface area contributed by atoms with E-state index in [1.54, 1.807) is 30.4 Å². The molecule has 0 radical (unpaired) electrons. The Hall–Kier alpha value is -2.98. The number of ether oxygens (including phenoxy) is 2. The molecular weight excluding hydrogens is 510 g/mol. The number of rotatable bonds is 9. The molecule has 6 heteroatoms. The summed E-state index contributed by atoms with van der Waals surface area (Å²) >= 11 is 3.34. The van der Waals surface area contributed by atoms with Crippen molar-refractivity contribution < 1.29 is 14.3 Å². The third kappa shape index (κ3) is 6.02. The minimum Gasteiger partial charge on any atom is -0.463 e. The Morgan fingerprint density at radius 2 is 1.55 bits per heavy atom. The van der Waals surface area contributed by atoms with E-state index in [0.717, 1.165) is 33.1 Å². The van der Waals surface area contributed by atoms with E-state index < -0.39 is 17.2 Å². The molecule has 1 N–H and O–H groups in total. The molecule has 0 fully saturated rings. The van der Waals surface area contributed by atoms with Gasteiger partial charge in [0.05, 0.1) is 6.61 Å². The summed E-state index contributed by atoms with van der Waals surface area (Å²) in [4.78, 5) is 18.5. The van der Waals surface area contributed by atoms with Gasteiger partial charge in [-0.2, -0.15) is 0 Å². The lowest BCUT2D eigenvalue weighted by molar-refractivity contribution is -0.179. The monoisotopic (exact) mass is 543 g/mol. The highest BCUT2D eigenvalue weighted by molar-refractivity contribution is 8.05. The number of fused-ring (bicyclic) bond motifs is 2. The lowest BCUT2D eigenvalue weighted by Gasteiger charge is -2.39. The zero-order chi connectivity index (χ0) is 27.2. The number of hydrogen-bond acceptors (Lipinski definition) is 6. The van der Waals surface area contributed by atoms with E-state index >= 15 is 0 Å². The maximum absolute atomic E-state index is 14.1. The fourth-order valence-corrected chi connectivity index (χ4v) is 6.86. The lowest BCUT2D eigenvalue weighted by Crippen LogP contribution is -2.47. The molecule has 1 heterocycles. The molecule has 1 atom stereocenters. The summed E-state index contributed by atoms with van der Waals surface area (Å²) < 4.78 is 12.6. The zero-order valence-corrected chi connectivity index (χ0v) is 23.9. The van der Waals surface area contributed by atoms with Crippen LogP contribution < -0.4 is 0 Å². The van der Waals surface area contributed by atoms with Crippen LogP contribution in [0.25, 0.3) is 0 Å². The van der Waals surface area contributed by atoms with Gasteiger partial charge in [0, 0.05) is 37.3 Å². The van der Waals surface area contributed by atoms with Gasteiger partial charge in [-0.3, -0.25) is 0 Å². The second-order valence-electron chi connectivity index (χ2n) is 9.50. The maximum Gasteiger partial charge on any atom is 0.347 e. The number of hydrogen-bond donors (Lipinski definition) is 1. The molecule has 0 amide bonds. The topological polar surface area (TPSA) is 59.4 Å². The molecule has 0 spiro atoms. The van der Waals surface area contributed by atoms with Gasteiger partial charge >= 0.3 is 5.97 Å². The van der Waals surface area contributed by atoms with E-state index in [0.29, 0.717) is 17.7 Å². The van der Waals surface area contributed by atoms with E-state index in [9.17, 15) is 4.79 Å². The van der Waals surface area contributed by atoms with Gasteiger partial charge in [0.15, 0.2) is 0 Å². The fraction of sp³-hybridized carbons (Fsp3) is 0.312. The number of esters is 1. The second-order valence-corrected chi connectivity index (χ2v) is 11.6. The molecule has 196 valence electrons. The predicted octanol–water partition coefficient (Wildman–Crippen LogP) is 8.12. The minimum atomic E-state index is -1.54. The number of carbonyl (C=O) groups excluding carboxylic acids is 1. The quantitative estimate of drug-likeness (QED) is 0.131. The molecule has 3 aromatic rings. The first-order chi connectivity index (χ1) is 18.3.